The molecule has 0 amide bonds. The molecule has 0 radical (unpaired) electrons. The van der Waals surface area contributed by atoms with Gasteiger partial charge in [0.2, 0.25) is 0 Å². The summed E-state index contributed by atoms with van der Waals surface area (Å²) in [6.07, 6.45) is 3.27. The van der Waals surface area contributed by atoms with Gasteiger partial charge in [0.25, 0.3) is 0 Å². The van der Waals surface area contributed by atoms with Gasteiger partial charge in [-0.25, -0.2) is 0 Å². The molecule has 4 heteroatoms. The molecule has 4 nitrogen and oxygen atoms in total. The molecule has 0 spiro atoms. The normalized spacial score (nSPS) is 23.4. The van der Waals surface area contributed by atoms with Crippen molar-refractivity contribution < 1.29 is 9.90 Å². The van der Waals surface area contributed by atoms with E-state index in [0.717, 1.165) is 42.3 Å². The Balaban J connectivity index is 1.80. The Bertz CT molecular complexity index is 604. The van der Waals surface area contributed by atoms with Crippen LogP contribution >= 0.6 is 0 Å². The Kier molecular flexibility index (Phi) is 3.15. The van der Waals surface area contributed by atoms with E-state index in [4.69, 9.17) is 5.11 Å². The van der Waals surface area contributed by atoms with E-state index >= 15 is 0 Å². The smallest absolute Gasteiger partial charge is 0.306 e. The molecular formula is C15H16N2O2. The quantitative estimate of drug-likeness (QED) is 0.897. The second-order valence-corrected chi connectivity index (χ2v) is 5.21. The first-order valence-corrected chi connectivity index (χ1v) is 6.69. The van der Waals surface area contributed by atoms with Gasteiger partial charge in [0, 0.05) is 11.3 Å². The van der Waals surface area contributed by atoms with E-state index in [-0.39, 0.29) is 5.92 Å². The van der Waals surface area contributed by atoms with Crippen LogP contribution < -0.4 is 0 Å². The maximum atomic E-state index is 10.9. The van der Waals surface area contributed by atoms with Gasteiger partial charge < -0.3 is 5.11 Å². The minimum atomic E-state index is -0.664. The first-order valence-electron chi connectivity index (χ1n) is 6.69. The van der Waals surface area contributed by atoms with Crippen LogP contribution in [0.5, 0.6) is 0 Å². The summed E-state index contributed by atoms with van der Waals surface area (Å²) in [5.74, 6) is -0.486. The monoisotopic (exact) mass is 256 g/mol. The fraction of sp³-hybridized carbons (Fsp3) is 0.400. The SMILES string of the molecule is O=C(O)C1CCC(c2cc3ccccc3nn2)CC1. The lowest BCUT2D eigenvalue weighted by Crippen LogP contribution is -2.21. The number of carboxylic acids is 1. The predicted octanol–water partition coefficient (Wildman–Crippen LogP) is 2.99. The number of carboxylic acid groups (broad SMARTS) is 1. The molecular weight excluding hydrogens is 240 g/mol. The van der Waals surface area contributed by atoms with Crippen LogP contribution in [0.15, 0.2) is 30.3 Å². The van der Waals surface area contributed by atoms with E-state index in [1.54, 1.807) is 0 Å². The molecule has 1 aliphatic carbocycles. The summed E-state index contributed by atoms with van der Waals surface area (Å²) in [5.41, 5.74) is 1.91. The summed E-state index contributed by atoms with van der Waals surface area (Å²) >= 11 is 0. The summed E-state index contributed by atoms with van der Waals surface area (Å²) < 4.78 is 0. The Morgan fingerprint density at radius 3 is 2.58 bits per heavy atom. The number of rotatable bonds is 2. The Morgan fingerprint density at radius 1 is 1.11 bits per heavy atom. The van der Waals surface area contributed by atoms with Crippen molar-refractivity contribution in [1.82, 2.24) is 10.2 Å². The Labute approximate surface area is 111 Å². The molecule has 3 rings (SSSR count). The molecule has 1 aliphatic rings. The van der Waals surface area contributed by atoms with Crippen molar-refractivity contribution in [3.8, 4) is 0 Å². The predicted molar refractivity (Wildman–Crippen MR) is 71.9 cm³/mol. The van der Waals surface area contributed by atoms with Gasteiger partial charge in [-0.1, -0.05) is 18.2 Å². The minimum Gasteiger partial charge on any atom is -0.481 e. The third kappa shape index (κ3) is 2.43. The van der Waals surface area contributed by atoms with E-state index in [1.807, 2.05) is 24.3 Å². The first-order chi connectivity index (χ1) is 9.24. The molecule has 19 heavy (non-hydrogen) atoms. The Hall–Kier alpha value is -1.97. The molecule has 1 saturated carbocycles. The van der Waals surface area contributed by atoms with E-state index in [9.17, 15) is 4.79 Å². The highest BCUT2D eigenvalue weighted by Gasteiger charge is 2.27. The topological polar surface area (TPSA) is 63.1 Å². The zero-order chi connectivity index (χ0) is 13.2. The molecule has 1 fully saturated rings. The van der Waals surface area contributed by atoms with Crippen LogP contribution in [0.1, 0.15) is 37.3 Å². The summed E-state index contributed by atoms with van der Waals surface area (Å²) in [5, 5.41) is 18.7. The molecule has 0 aliphatic heterocycles. The van der Waals surface area contributed by atoms with Crippen LogP contribution in [0.2, 0.25) is 0 Å². The van der Waals surface area contributed by atoms with Gasteiger partial charge in [-0.05, 0) is 37.8 Å². The van der Waals surface area contributed by atoms with Gasteiger partial charge in [0.05, 0.1) is 17.1 Å². The summed E-state index contributed by atoms with van der Waals surface area (Å²) in [4.78, 5) is 10.9. The highest BCUT2D eigenvalue weighted by molar-refractivity contribution is 5.78. The van der Waals surface area contributed by atoms with Crippen LogP contribution in [0.25, 0.3) is 10.9 Å². The number of aromatic nitrogens is 2. The van der Waals surface area contributed by atoms with Gasteiger partial charge in [-0.3, -0.25) is 4.79 Å². The molecule has 0 bridgehead atoms. The zero-order valence-electron chi connectivity index (χ0n) is 10.6. The standard InChI is InChI=1S/C15H16N2O2/c18-15(19)11-7-5-10(6-8-11)14-9-12-3-1-2-4-13(12)16-17-14/h1-4,9-11H,5-8H2,(H,18,19). The molecule has 0 saturated heterocycles. The van der Waals surface area contributed by atoms with Crippen molar-refractivity contribution in [2.75, 3.05) is 0 Å². The number of nitrogens with zero attached hydrogens (tertiary/aromatic N) is 2. The number of hydrogen-bond donors (Lipinski definition) is 1. The van der Waals surface area contributed by atoms with E-state index in [0.29, 0.717) is 5.92 Å². The van der Waals surface area contributed by atoms with Gasteiger partial charge in [-0.2, -0.15) is 10.2 Å². The molecule has 1 aromatic heterocycles. The second kappa shape index (κ2) is 4.96. The van der Waals surface area contributed by atoms with Crippen molar-refractivity contribution >= 4 is 16.9 Å². The van der Waals surface area contributed by atoms with E-state index in [2.05, 4.69) is 16.3 Å². The summed E-state index contributed by atoms with van der Waals surface area (Å²) in [7, 11) is 0. The lowest BCUT2D eigenvalue weighted by molar-refractivity contribution is -0.142. The maximum Gasteiger partial charge on any atom is 0.306 e. The van der Waals surface area contributed by atoms with Gasteiger partial charge >= 0.3 is 5.97 Å². The van der Waals surface area contributed by atoms with Crippen LogP contribution in [-0.4, -0.2) is 21.3 Å². The number of carbonyl (C=O) groups is 1. The minimum absolute atomic E-state index is 0.176. The van der Waals surface area contributed by atoms with Crippen molar-refractivity contribution in [3.05, 3.63) is 36.0 Å². The number of hydrogen-bond acceptors (Lipinski definition) is 3. The third-order valence-electron chi connectivity index (χ3n) is 4.01. The maximum absolute atomic E-state index is 10.9. The third-order valence-corrected chi connectivity index (χ3v) is 4.01. The first kappa shape index (κ1) is 12.1. The zero-order valence-corrected chi connectivity index (χ0v) is 10.6. The second-order valence-electron chi connectivity index (χ2n) is 5.21. The molecule has 2 aromatic rings. The summed E-state index contributed by atoms with van der Waals surface area (Å²) in [6.45, 7) is 0. The molecule has 1 aromatic carbocycles. The van der Waals surface area contributed by atoms with Crippen LogP contribution in [0.4, 0.5) is 0 Å². The largest absolute Gasteiger partial charge is 0.481 e. The molecule has 1 N–H and O–H groups in total. The number of aliphatic carboxylic acids is 1. The van der Waals surface area contributed by atoms with Crippen LogP contribution in [0, 0.1) is 5.92 Å². The average Bonchev–Trinajstić information content (AvgIpc) is 2.47. The Morgan fingerprint density at radius 2 is 1.84 bits per heavy atom. The van der Waals surface area contributed by atoms with Gasteiger partial charge in [0.15, 0.2) is 0 Å². The molecule has 1 heterocycles. The highest BCUT2D eigenvalue weighted by Crippen LogP contribution is 2.35. The van der Waals surface area contributed by atoms with Crippen LogP contribution in [-0.2, 0) is 4.79 Å². The fourth-order valence-corrected chi connectivity index (χ4v) is 2.84. The fourth-order valence-electron chi connectivity index (χ4n) is 2.84. The molecule has 0 unspecified atom stereocenters. The molecule has 98 valence electrons. The van der Waals surface area contributed by atoms with Crippen LogP contribution in [0.3, 0.4) is 0 Å². The number of fused-ring (bicyclic) bond motifs is 1. The van der Waals surface area contributed by atoms with Gasteiger partial charge in [-0.15, -0.1) is 0 Å². The van der Waals surface area contributed by atoms with E-state index in [1.165, 1.54) is 0 Å². The van der Waals surface area contributed by atoms with Crippen molar-refractivity contribution in [2.24, 2.45) is 5.92 Å². The van der Waals surface area contributed by atoms with Crippen molar-refractivity contribution in [3.63, 3.8) is 0 Å². The average molecular weight is 256 g/mol. The van der Waals surface area contributed by atoms with E-state index < -0.39 is 5.97 Å². The molecule has 0 atom stereocenters. The number of benzene rings is 1. The van der Waals surface area contributed by atoms with Gasteiger partial charge in [0.1, 0.15) is 0 Å². The highest BCUT2D eigenvalue weighted by atomic mass is 16.4. The lowest BCUT2D eigenvalue weighted by atomic mass is 9.80. The van der Waals surface area contributed by atoms with Crippen molar-refractivity contribution in [2.45, 2.75) is 31.6 Å². The van der Waals surface area contributed by atoms with Crippen molar-refractivity contribution in [1.29, 1.82) is 0 Å². The lowest BCUT2D eigenvalue weighted by Gasteiger charge is -2.25. The summed E-state index contributed by atoms with van der Waals surface area (Å²) in [6, 6.07) is 10.0.